The molecular formula is C24H24F7N3O6S. The second kappa shape index (κ2) is 13.3. The molecule has 1 aromatic heterocycles. The van der Waals surface area contributed by atoms with Crippen LogP contribution < -0.4 is 5.32 Å². The van der Waals surface area contributed by atoms with Crippen molar-refractivity contribution in [1.29, 1.82) is 0 Å². The van der Waals surface area contributed by atoms with Gasteiger partial charge in [0.15, 0.2) is 0 Å². The van der Waals surface area contributed by atoms with Crippen LogP contribution in [0.15, 0.2) is 59.6 Å². The van der Waals surface area contributed by atoms with E-state index >= 15 is 0 Å². The molecule has 0 amide bonds. The van der Waals surface area contributed by atoms with Crippen LogP contribution in [0, 0.1) is 5.82 Å². The van der Waals surface area contributed by atoms with Crippen molar-refractivity contribution in [2.24, 2.45) is 0 Å². The van der Waals surface area contributed by atoms with Crippen molar-refractivity contribution in [3.8, 4) is 0 Å². The second-order valence-electron chi connectivity index (χ2n) is 8.62. The molecule has 1 saturated heterocycles. The molecule has 4 rings (SSSR count). The zero-order chi connectivity index (χ0) is 31.2. The van der Waals surface area contributed by atoms with E-state index in [2.05, 4.69) is 17.1 Å². The molecule has 2 heterocycles. The van der Waals surface area contributed by atoms with E-state index in [1.807, 2.05) is 0 Å². The zero-order valence-electron chi connectivity index (χ0n) is 21.1. The molecule has 1 aliphatic heterocycles. The van der Waals surface area contributed by atoms with Gasteiger partial charge in [0, 0.05) is 43.8 Å². The van der Waals surface area contributed by atoms with E-state index in [0.29, 0.717) is 18.1 Å². The minimum absolute atomic E-state index is 0.184. The van der Waals surface area contributed by atoms with Crippen molar-refractivity contribution >= 4 is 32.9 Å². The quantitative estimate of drug-likeness (QED) is 0.375. The van der Waals surface area contributed by atoms with Gasteiger partial charge in [-0.05, 0) is 42.8 Å². The summed E-state index contributed by atoms with van der Waals surface area (Å²) < 4.78 is 105. The summed E-state index contributed by atoms with van der Waals surface area (Å²) in [4.78, 5) is 20.2. The highest BCUT2D eigenvalue weighted by atomic mass is 32.2. The smallest absolute Gasteiger partial charge is 0.475 e. The van der Waals surface area contributed by atoms with Gasteiger partial charge in [-0.1, -0.05) is 18.2 Å². The number of halogens is 7. The highest BCUT2D eigenvalue weighted by Crippen LogP contribution is 2.27. The van der Waals surface area contributed by atoms with Crippen LogP contribution in [0.1, 0.15) is 12.5 Å². The third-order valence-electron chi connectivity index (χ3n) is 5.45. The van der Waals surface area contributed by atoms with E-state index in [0.717, 1.165) is 30.6 Å². The van der Waals surface area contributed by atoms with Crippen LogP contribution in [-0.2, 0) is 26.2 Å². The lowest BCUT2D eigenvalue weighted by atomic mass is 10.1. The molecule has 0 bridgehead atoms. The molecule has 3 N–H and O–H groups in total. The Morgan fingerprint density at radius 1 is 0.976 bits per heavy atom. The zero-order valence-corrected chi connectivity index (χ0v) is 21.9. The molecule has 1 atom stereocenters. The van der Waals surface area contributed by atoms with E-state index in [4.69, 9.17) is 19.8 Å². The predicted octanol–water partition coefficient (Wildman–Crippen LogP) is 4.08. The number of alkyl halides is 6. The van der Waals surface area contributed by atoms with Gasteiger partial charge in [-0.25, -0.2) is 26.4 Å². The summed E-state index contributed by atoms with van der Waals surface area (Å²) in [6.07, 6.45) is -8.66. The molecule has 0 saturated carbocycles. The summed E-state index contributed by atoms with van der Waals surface area (Å²) >= 11 is 0. The standard InChI is InChI=1S/C20H22FN3O2S.2C2HF3O2/c1-15-13-23(10-8-22-15)14-16-11-17(21)12-20-19(16)7-9-24(20)27(25,26)18-5-3-2-4-6-18;2*3-2(4,5)1(6)7/h2-7,9,11-12,15,22H,8,10,13-14H2,1H3;2*(H,6,7)/t15-;;/m0../s1. The minimum atomic E-state index is -5.08. The number of carboxylic acid groups (broad SMARTS) is 2. The molecule has 0 aliphatic carbocycles. The van der Waals surface area contributed by atoms with Crippen LogP contribution in [0.25, 0.3) is 10.9 Å². The number of aromatic nitrogens is 1. The van der Waals surface area contributed by atoms with E-state index in [1.54, 1.807) is 36.4 Å². The first kappa shape index (κ1) is 33.5. The van der Waals surface area contributed by atoms with Crippen LogP contribution in [0.2, 0.25) is 0 Å². The Bertz CT molecular complexity index is 1430. The first-order valence-corrected chi connectivity index (χ1v) is 12.9. The Kier molecular flexibility index (Phi) is 10.9. The number of aliphatic carboxylic acids is 2. The number of hydrogen-bond donors (Lipinski definition) is 3. The Labute approximate surface area is 228 Å². The average Bonchev–Trinajstić information content (AvgIpc) is 3.29. The molecule has 1 fully saturated rings. The number of benzene rings is 2. The minimum Gasteiger partial charge on any atom is -0.475 e. The van der Waals surface area contributed by atoms with Crippen molar-refractivity contribution in [1.82, 2.24) is 14.2 Å². The molecule has 41 heavy (non-hydrogen) atoms. The maximum atomic E-state index is 14.3. The van der Waals surface area contributed by atoms with Crippen molar-refractivity contribution < 1.29 is 59.0 Å². The molecule has 0 spiro atoms. The van der Waals surface area contributed by atoms with Crippen LogP contribution in [0.3, 0.4) is 0 Å². The molecule has 3 aromatic rings. The first-order chi connectivity index (χ1) is 18.8. The largest absolute Gasteiger partial charge is 0.490 e. The number of carbonyl (C=O) groups is 2. The third kappa shape index (κ3) is 9.43. The van der Waals surface area contributed by atoms with Crippen molar-refractivity contribution in [2.45, 2.75) is 36.8 Å². The lowest BCUT2D eigenvalue weighted by molar-refractivity contribution is -0.193. The number of piperazine rings is 1. The SMILES string of the molecule is C[C@H]1CN(Cc2cc(F)cc3c2ccn3S(=O)(=O)c2ccccc2)CCN1.O=C(O)C(F)(F)F.O=C(O)C(F)(F)F. The molecule has 0 unspecified atom stereocenters. The van der Waals surface area contributed by atoms with Gasteiger partial charge < -0.3 is 15.5 Å². The van der Waals surface area contributed by atoms with Crippen LogP contribution in [0.5, 0.6) is 0 Å². The van der Waals surface area contributed by atoms with Crippen LogP contribution in [0.4, 0.5) is 30.7 Å². The fourth-order valence-corrected chi connectivity index (χ4v) is 5.06. The van der Waals surface area contributed by atoms with Gasteiger partial charge >= 0.3 is 24.3 Å². The topological polar surface area (TPSA) is 129 Å². The predicted molar refractivity (Wildman–Crippen MR) is 131 cm³/mol. The van der Waals surface area contributed by atoms with Crippen molar-refractivity contribution in [3.05, 3.63) is 66.1 Å². The molecule has 0 radical (unpaired) electrons. The van der Waals surface area contributed by atoms with Gasteiger partial charge in [0.2, 0.25) is 0 Å². The maximum absolute atomic E-state index is 14.3. The Balaban J connectivity index is 0.000000349. The van der Waals surface area contributed by atoms with Gasteiger partial charge in [0.1, 0.15) is 5.82 Å². The molecule has 17 heteroatoms. The lowest BCUT2D eigenvalue weighted by Crippen LogP contribution is -2.48. The molecular weight excluding hydrogens is 591 g/mol. The normalized spacial score (nSPS) is 16.2. The summed E-state index contributed by atoms with van der Waals surface area (Å²) in [6, 6.07) is 13.1. The summed E-state index contributed by atoms with van der Waals surface area (Å²) in [5.74, 6) is -5.94. The number of carboxylic acids is 2. The van der Waals surface area contributed by atoms with Gasteiger partial charge in [-0.2, -0.15) is 26.3 Å². The second-order valence-corrected chi connectivity index (χ2v) is 10.4. The van der Waals surface area contributed by atoms with Gasteiger partial charge in [0.05, 0.1) is 10.4 Å². The number of nitrogens with one attached hydrogen (secondary N) is 1. The molecule has 226 valence electrons. The first-order valence-electron chi connectivity index (χ1n) is 11.5. The summed E-state index contributed by atoms with van der Waals surface area (Å²) in [5.41, 5.74) is 1.18. The van der Waals surface area contributed by atoms with Crippen molar-refractivity contribution in [2.75, 3.05) is 19.6 Å². The molecule has 1 aliphatic rings. The Hall–Kier alpha value is -3.70. The lowest BCUT2D eigenvalue weighted by Gasteiger charge is -2.32. The van der Waals surface area contributed by atoms with E-state index in [9.17, 15) is 39.2 Å². The fraction of sp³-hybridized carbons (Fsp3) is 0.333. The highest BCUT2D eigenvalue weighted by Gasteiger charge is 2.38. The van der Waals surface area contributed by atoms with E-state index < -0.39 is 40.1 Å². The third-order valence-corrected chi connectivity index (χ3v) is 7.16. The van der Waals surface area contributed by atoms with Gasteiger partial charge in [-0.3, -0.25) is 4.90 Å². The summed E-state index contributed by atoms with van der Waals surface area (Å²) in [6.45, 7) is 5.36. The van der Waals surface area contributed by atoms with E-state index in [1.165, 1.54) is 22.3 Å². The number of rotatable bonds is 4. The number of fused-ring (bicyclic) bond motifs is 1. The highest BCUT2D eigenvalue weighted by molar-refractivity contribution is 7.90. The van der Waals surface area contributed by atoms with Crippen LogP contribution >= 0.6 is 0 Å². The number of hydrogen-bond acceptors (Lipinski definition) is 6. The molecule has 2 aromatic carbocycles. The summed E-state index contributed by atoms with van der Waals surface area (Å²) in [5, 5.41) is 18.4. The molecule has 9 nitrogen and oxygen atoms in total. The van der Waals surface area contributed by atoms with Crippen LogP contribution in [-0.4, -0.2) is 77.5 Å². The fourth-order valence-electron chi connectivity index (χ4n) is 3.70. The Morgan fingerprint density at radius 2 is 1.51 bits per heavy atom. The van der Waals surface area contributed by atoms with Crippen molar-refractivity contribution in [3.63, 3.8) is 0 Å². The Morgan fingerprint density at radius 3 is 2.00 bits per heavy atom. The average molecular weight is 616 g/mol. The van der Waals surface area contributed by atoms with Gasteiger partial charge in [-0.15, -0.1) is 0 Å². The van der Waals surface area contributed by atoms with Gasteiger partial charge in [0.25, 0.3) is 10.0 Å². The monoisotopic (exact) mass is 615 g/mol. The maximum Gasteiger partial charge on any atom is 0.490 e. The number of nitrogens with zero attached hydrogens (tertiary/aromatic N) is 2. The van der Waals surface area contributed by atoms with E-state index in [-0.39, 0.29) is 4.90 Å². The summed E-state index contributed by atoms with van der Waals surface area (Å²) in [7, 11) is -3.77.